The summed E-state index contributed by atoms with van der Waals surface area (Å²) < 4.78 is 36.6. The topological polar surface area (TPSA) is 46.2 Å². The third kappa shape index (κ3) is 4.78. The Morgan fingerprint density at radius 3 is 2.75 bits per heavy atom. The number of rotatable bonds is 6. The second kappa shape index (κ2) is 6.55. The van der Waals surface area contributed by atoms with Crippen LogP contribution in [0.5, 0.6) is 0 Å². The number of piperidine rings is 1. The molecule has 1 aliphatic heterocycles. The fourth-order valence-corrected chi connectivity index (χ4v) is 3.54. The minimum absolute atomic E-state index is 0.00148. The van der Waals surface area contributed by atoms with Gasteiger partial charge in [0.15, 0.2) is 0 Å². The monoisotopic (exact) mass is 251 g/mol. The van der Waals surface area contributed by atoms with Gasteiger partial charge in [-0.3, -0.25) is 0 Å². The summed E-state index contributed by atoms with van der Waals surface area (Å²) in [6.45, 7) is 3.47. The van der Waals surface area contributed by atoms with Crippen LogP contribution in [0, 0.1) is 5.92 Å². The van der Waals surface area contributed by atoms with Gasteiger partial charge >= 0.3 is 0 Å². The molecule has 5 heteroatoms. The van der Waals surface area contributed by atoms with Gasteiger partial charge in [0.05, 0.1) is 5.75 Å². The lowest BCUT2D eigenvalue weighted by atomic mass is 9.93. The molecule has 3 nitrogen and oxygen atoms in total. The molecular weight excluding hydrogens is 229 g/mol. The Bertz CT molecular complexity index is 286. The first kappa shape index (κ1) is 13.9. The van der Waals surface area contributed by atoms with Gasteiger partial charge in [0.25, 0.3) is 0 Å². The third-order valence-corrected chi connectivity index (χ3v) is 4.95. The molecule has 0 amide bonds. The molecule has 16 heavy (non-hydrogen) atoms. The number of nitrogens with one attached hydrogen (secondary N) is 1. The van der Waals surface area contributed by atoms with Crippen LogP contribution in [0.25, 0.3) is 0 Å². The van der Waals surface area contributed by atoms with Crippen molar-refractivity contribution < 1.29 is 12.8 Å². The Morgan fingerprint density at radius 2 is 2.19 bits per heavy atom. The molecule has 0 bridgehead atoms. The minimum atomic E-state index is -3.03. The molecule has 1 N–H and O–H groups in total. The summed E-state index contributed by atoms with van der Waals surface area (Å²) >= 11 is 0. The van der Waals surface area contributed by atoms with E-state index in [-0.39, 0.29) is 23.8 Å². The highest BCUT2D eigenvalue weighted by Crippen LogP contribution is 2.20. The summed E-state index contributed by atoms with van der Waals surface area (Å²) in [4.78, 5) is 0. The van der Waals surface area contributed by atoms with Gasteiger partial charge in [0.2, 0.25) is 0 Å². The largest absolute Gasteiger partial charge is 0.316 e. The van der Waals surface area contributed by atoms with Crippen molar-refractivity contribution in [1.82, 2.24) is 5.32 Å². The van der Waals surface area contributed by atoms with Crippen molar-refractivity contribution in [2.24, 2.45) is 5.92 Å². The van der Waals surface area contributed by atoms with Crippen LogP contribution in [0.1, 0.15) is 32.6 Å². The van der Waals surface area contributed by atoms with Gasteiger partial charge in [0.1, 0.15) is 16.0 Å². The zero-order valence-electron chi connectivity index (χ0n) is 9.91. The van der Waals surface area contributed by atoms with Crippen molar-refractivity contribution in [2.75, 3.05) is 24.6 Å². The predicted molar refractivity (Wildman–Crippen MR) is 64.1 cm³/mol. The maximum atomic E-state index is 13.8. The van der Waals surface area contributed by atoms with Crippen LogP contribution in [0.3, 0.4) is 0 Å². The van der Waals surface area contributed by atoms with Crippen LogP contribution in [0.15, 0.2) is 0 Å². The second-order valence-corrected chi connectivity index (χ2v) is 6.87. The number of sulfone groups is 1. The lowest BCUT2D eigenvalue weighted by Crippen LogP contribution is -2.35. The summed E-state index contributed by atoms with van der Waals surface area (Å²) in [5.74, 6) is 0.187. The average molecular weight is 251 g/mol. The average Bonchev–Trinajstić information content (AvgIpc) is 2.27. The molecule has 1 fully saturated rings. The van der Waals surface area contributed by atoms with Gasteiger partial charge in [-0.05, 0) is 32.2 Å². The third-order valence-electron chi connectivity index (χ3n) is 3.07. The predicted octanol–water partition coefficient (Wildman–Crippen LogP) is 1.54. The molecule has 2 unspecified atom stereocenters. The normalized spacial score (nSPS) is 24.2. The van der Waals surface area contributed by atoms with Gasteiger partial charge < -0.3 is 5.32 Å². The van der Waals surface area contributed by atoms with Crippen LogP contribution in [0.4, 0.5) is 4.39 Å². The van der Waals surface area contributed by atoms with E-state index in [0.29, 0.717) is 13.0 Å². The van der Waals surface area contributed by atoms with Crippen LogP contribution in [-0.2, 0) is 9.84 Å². The second-order valence-electron chi connectivity index (χ2n) is 4.56. The molecule has 1 rings (SSSR count). The maximum Gasteiger partial charge on any atom is 0.150 e. The van der Waals surface area contributed by atoms with Crippen molar-refractivity contribution in [2.45, 2.75) is 38.8 Å². The highest BCUT2D eigenvalue weighted by atomic mass is 32.2. The molecule has 0 aliphatic carbocycles. The Kier molecular flexibility index (Phi) is 5.69. The molecule has 1 aliphatic rings. The molecule has 0 spiro atoms. The SMILES string of the molecule is CCCS(=O)(=O)CCC(F)C1CCCNC1. The number of hydrogen-bond donors (Lipinski definition) is 1. The van der Waals surface area contributed by atoms with E-state index in [0.717, 1.165) is 19.4 Å². The van der Waals surface area contributed by atoms with E-state index in [2.05, 4.69) is 5.32 Å². The standard InChI is InChI=1S/C11H22FNO2S/c1-2-7-16(14,15)8-5-11(12)10-4-3-6-13-9-10/h10-11,13H,2-9H2,1H3. The minimum Gasteiger partial charge on any atom is -0.316 e. The Hall–Kier alpha value is -0.160. The molecule has 0 radical (unpaired) electrons. The molecule has 0 aromatic carbocycles. The summed E-state index contributed by atoms with van der Waals surface area (Å²) in [5, 5.41) is 3.15. The van der Waals surface area contributed by atoms with Crippen molar-refractivity contribution in [3.63, 3.8) is 0 Å². The summed E-state index contributed by atoms with van der Waals surface area (Å²) in [5.41, 5.74) is 0. The quantitative estimate of drug-likeness (QED) is 0.779. The number of alkyl halides is 1. The van der Waals surface area contributed by atoms with Crippen LogP contribution >= 0.6 is 0 Å². The fourth-order valence-electron chi connectivity index (χ4n) is 2.13. The van der Waals surface area contributed by atoms with Crippen molar-refractivity contribution in [3.8, 4) is 0 Å². The molecule has 0 aromatic rings. The van der Waals surface area contributed by atoms with E-state index >= 15 is 0 Å². The zero-order chi connectivity index (χ0) is 12.0. The lowest BCUT2D eigenvalue weighted by Gasteiger charge is -2.25. The molecule has 0 aromatic heterocycles. The van der Waals surface area contributed by atoms with E-state index in [9.17, 15) is 12.8 Å². The maximum absolute atomic E-state index is 13.8. The molecule has 1 saturated heterocycles. The molecule has 96 valence electrons. The number of halogens is 1. The van der Waals surface area contributed by atoms with Crippen LogP contribution < -0.4 is 5.32 Å². The first-order valence-electron chi connectivity index (χ1n) is 6.10. The Balaban J connectivity index is 2.31. The zero-order valence-corrected chi connectivity index (χ0v) is 10.7. The van der Waals surface area contributed by atoms with Gasteiger partial charge in [-0.15, -0.1) is 0 Å². The van der Waals surface area contributed by atoms with Crippen LogP contribution in [0.2, 0.25) is 0 Å². The first-order chi connectivity index (χ1) is 7.55. The molecular formula is C11H22FNO2S. The molecule has 0 saturated carbocycles. The fraction of sp³-hybridized carbons (Fsp3) is 1.00. The van der Waals surface area contributed by atoms with Crippen molar-refractivity contribution >= 4 is 9.84 Å². The van der Waals surface area contributed by atoms with Crippen molar-refractivity contribution in [1.29, 1.82) is 0 Å². The molecule has 2 atom stereocenters. The van der Waals surface area contributed by atoms with E-state index in [1.807, 2.05) is 6.92 Å². The van der Waals surface area contributed by atoms with Crippen LogP contribution in [-0.4, -0.2) is 39.2 Å². The lowest BCUT2D eigenvalue weighted by molar-refractivity contribution is 0.187. The van der Waals surface area contributed by atoms with E-state index in [4.69, 9.17) is 0 Å². The van der Waals surface area contributed by atoms with Crippen molar-refractivity contribution in [3.05, 3.63) is 0 Å². The van der Waals surface area contributed by atoms with E-state index in [1.165, 1.54) is 0 Å². The van der Waals surface area contributed by atoms with Gasteiger partial charge in [0, 0.05) is 18.2 Å². The van der Waals surface area contributed by atoms with Gasteiger partial charge in [-0.25, -0.2) is 12.8 Å². The van der Waals surface area contributed by atoms with Gasteiger partial charge in [-0.1, -0.05) is 6.92 Å². The summed E-state index contributed by atoms with van der Waals surface area (Å²) in [6.07, 6.45) is 1.67. The Labute approximate surface area is 97.7 Å². The Morgan fingerprint density at radius 1 is 1.44 bits per heavy atom. The summed E-state index contributed by atoms with van der Waals surface area (Å²) in [7, 11) is -3.03. The number of hydrogen-bond acceptors (Lipinski definition) is 3. The summed E-state index contributed by atoms with van der Waals surface area (Å²) in [6, 6.07) is 0. The van der Waals surface area contributed by atoms with E-state index in [1.54, 1.807) is 0 Å². The van der Waals surface area contributed by atoms with Gasteiger partial charge in [-0.2, -0.15) is 0 Å². The smallest absolute Gasteiger partial charge is 0.150 e. The van der Waals surface area contributed by atoms with E-state index < -0.39 is 16.0 Å². The molecule has 1 heterocycles. The highest BCUT2D eigenvalue weighted by Gasteiger charge is 2.24. The first-order valence-corrected chi connectivity index (χ1v) is 7.92. The highest BCUT2D eigenvalue weighted by molar-refractivity contribution is 7.91.